The number of rotatable bonds is 6. The largest absolute Gasteiger partial charge is 0.205 e. The molecule has 1 aromatic rings. The number of halogens is 4. The van der Waals surface area contributed by atoms with Gasteiger partial charge in [0.05, 0.1) is 5.02 Å². The molecule has 0 aromatic heterocycles. The van der Waals surface area contributed by atoms with Gasteiger partial charge in [0.1, 0.15) is 5.82 Å². The van der Waals surface area contributed by atoms with Gasteiger partial charge in [-0.25, -0.2) is 4.39 Å². The Kier molecular flexibility index (Phi) is 6.46. The van der Waals surface area contributed by atoms with E-state index in [0.717, 1.165) is 35.5 Å². The second-order valence-electron chi connectivity index (χ2n) is 4.41. The molecule has 0 nitrogen and oxygen atoms in total. The van der Waals surface area contributed by atoms with Gasteiger partial charge in [-0.3, -0.25) is 0 Å². The van der Waals surface area contributed by atoms with E-state index in [1.165, 1.54) is 6.07 Å². The highest BCUT2D eigenvalue weighted by molar-refractivity contribution is 9.09. The van der Waals surface area contributed by atoms with Gasteiger partial charge in [-0.1, -0.05) is 68.9 Å². The fourth-order valence-electron chi connectivity index (χ4n) is 1.97. The van der Waals surface area contributed by atoms with Crippen LogP contribution >= 0.6 is 43.5 Å². The summed E-state index contributed by atoms with van der Waals surface area (Å²) >= 11 is 13.1. The second-order valence-corrected chi connectivity index (χ2v) is 5.91. The molecule has 0 spiro atoms. The molecule has 0 amide bonds. The van der Waals surface area contributed by atoms with E-state index in [1.807, 2.05) is 6.07 Å². The second kappa shape index (κ2) is 7.10. The van der Waals surface area contributed by atoms with Crippen molar-refractivity contribution < 1.29 is 4.39 Å². The van der Waals surface area contributed by atoms with Crippen LogP contribution in [0.4, 0.5) is 4.39 Å². The van der Waals surface area contributed by atoms with Crippen LogP contribution in [0.2, 0.25) is 5.02 Å². The van der Waals surface area contributed by atoms with Crippen LogP contribution in [-0.2, 0) is 6.42 Å². The molecule has 1 rings (SSSR count). The molecule has 0 heterocycles. The molecule has 0 aliphatic carbocycles. The molecular formula is C13H16Br2ClF. The summed E-state index contributed by atoms with van der Waals surface area (Å²) in [5, 5.41) is 2.02. The molecule has 0 saturated carbocycles. The van der Waals surface area contributed by atoms with E-state index in [0.29, 0.717) is 0 Å². The van der Waals surface area contributed by atoms with Gasteiger partial charge in [0.25, 0.3) is 0 Å². The van der Waals surface area contributed by atoms with Crippen molar-refractivity contribution in [1.82, 2.24) is 0 Å². The maximum Gasteiger partial charge on any atom is 0.142 e. The van der Waals surface area contributed by atoms with Crippen molar-refractivity contribution in [1.29, 1.82) is 0 Å². The lowest BCUT2D eigenvalue weighted by Gasteiger charge is -2.30. The third-order valence-electron chi connectivity index (χ3n) is 2.94. The third-order valence-corrected chi connectivity index (χ3v) is 5.75. The summed E-state index contributed by atoms with van der Waals surface area (Å²) in [6.45, 7) is 2.16. The van der Waals surface area contributed by atoms with E-state index < -0.39 is 0 Å². The lowest BCUT2D eigenvalue weighted by molar-refractivity contribution is 0.351. The Morgan fingerprint density at radius 3 is 2.47 bits per heavy atom. The molecule has 4 heteroatoms. The van der Waals surface area contributed by atoms with Crippen LogP contribution in [0.1, 0.15) is 25.3 Å². The summed E-state index contributed by atoms with van der Waals surface area (Å²) in [5.41, 5.74) is 0.991. The van der Waals surface area contributed by atoms with Gasteiger partial charge in [0.2, 0.25) is 0 Å². The molecule has 0 N–H and O–H groups in total. The van der Waals surface area contributed by atoms with Crippen molar-refractivity contribution in [3.63, 3.8) is 0 Å². The maximum atomic E-state index is 13.4. The average Bonchev–Trinajstić information content (AvgIpc) is 2.34. The molecule has 0 unspecified atom stereocenters. The fraction of sp³-hybridized carbons (Fsp3) is 0.538. The molecule has 0 fully saturated rings. The van der Waals surface area contributed by atoms with Crippen LogP contribution < -0.4 is 0 Å². The van der Waals surface area contributed by atoms with Crippen LogP contribution in [0.5, 0.6) is 0 Å². The number of hydrogen-bond acceptors (Lipinski definition) is 0. The van der Waals surface area contributed by atoms with Gasteiger partial charge in [-0.15, -0.1) is 0 Å². The maximum absolute atomic E-state index is 13.4. The molecule has 17 heavy (non-hydrogen) atoms. The summed E-state index contributed by atoms with van der Waals surface area (Å²) in [4.78, 5) is 0. The Balaban J connectivity index is 2.97. The SMILES string of the molecule is CCCC(CBr)(CBr)Cc1cccc(F)c1Cl. The van der Waals surface area contributed by atoms with Gasteiger partial charge in [0, 0.05) is 10.7 Å². The molecule has 0 radical (unpaired) electrons. The minimum absolute atomic E-state index is 0.103. The summed E-state index contributed by atoms with van der Waals surface area (Å²) in [7, 11) is 0. The molecule has 0 bridgehead atoms. The first-order chi connectivity index (χ1) is 8.08. The summed E-state index contributed by atoms with van der Waals surface area (Å²) < 4.78 is 13.4. The van der Waals surface area contributed by atoms with Crippen molar-refractivity contribution in [2.24, 2.45) is 5.41 Å². The number of hydrogen-bond donors (Lipinski definition) is 0. The lowest BCUT2D eigenvalue weighted by Crippen LogP contribution is -2.27. The Labute approximate surface area is 124 Å². The van der Waals surface area contributed by atoms with Gasteiger partial charge in [-0.05, 0) is 29.9 Å². The first-order valence-corrected chi connectivity index (χ1v) is 8.25. The van der Waals surface area contributed by atoms with E-state index in [1.54, 1.807) is 6.07 Å². The van der Waals surface area contributed by atoms with E-state index in [4.69, 9.17) is 11.6 Å². The van der Waals surface area contributed by atoms with Gasteiger partial charge >= 0.3 is 0 Å². The topological polar surface area (TPSA) is 0 Å². The zero-order valence-electron chi connectivity index (χ0n) is 9.78. The molecular weight excluding hydrogens is 370 g/mol. The predicted octanol–water partition coefficient (Wildman–Crippen LogP) is 5.60. The molecule has 1 aromatic carbocycles. The van der Waals surface area contributed by atoms with E-state index >= 15 is 0 Å². The monoisotopic (exact) mass is 384 g/mol. The molecule has 0 aliphatic rings. The van der Waals surface area contributed by atoms with Gasteiger partial charge in [-0.2, -0.15) is 0 Å². The highest BCUT2D eigenvalue weighted by Gasteiger charge is 2.28. The van der Waals surface area contributed by atoms with Crippen LogP contribution in [0.15, 0.2) is 18.2 Å². The van der Waals surface area contributed by atoms with E-state index in [-0.39, 0.29) is 16.3 Å². The normalized spacial score (nSPS) is 11.8. The van der Waals surface area contributed by atoms with Crippen molar-refractivity contribution in [3.05, 3.63) is 34.6 Å². The minimum atomic E-state index is -0.335. The van der Waals surface area contributed by atoms with Gasteiger partial charge < -0.3 is 0 Å². The third kappa shape index (κ3) is 3.93. The average molecular weight is 387 g/mol. The highest BCUT2D eigenvalue weighted by Crippen LogP contribution is 2.35. The van der Waals surface area contributed by atoms with E-state index in [2.05, 4.69) is 38.8 Å². The Morgan fingerprint density at radius 1 is 1.29 bits per heavy atom. The summed E-state index contributed by atoms with van der Waals surface area (Å²) in [6.07, 6.45) is 2.97. The quantitative estimate of drug-likeness (QED) is 0.559. The lowest BCUT2D eigenvalue weighted by atomic mass is 9.81. The molecule has 0 saturated heterocycles. The van der Waals surface area contributed by atoms with Crippen molar-refractivity contribution in [2.75, 3.05) is 10.7 Å². The minimum Gasteiger partial charge on any atom is -0.205 e. The van der Waals surface area contributed by atoms with Crippen LogP contribution in [0.3, 0.4) is 0 Å². The molecule has 0 aliphatic heterocycles. The van der Waals surface area contributed by atoms with Crippen molar-refractivity contribution in [3.8, 4) is 0 Å². The van der Waals surface area contributed by atoms with Crippen LogP contribution in [0, 0.1) is 11.2 Å². The Bertz CT molecular complexity index is 364. The smallest absolute Gasteiger partial charge is 0.142 e. The van der Waals surface area contributed by atoms with Crippen molar-refractivity contribution >= 4 is 43.5 Å². The fourth-order valence-corrected chi connectivity index (χ4v) is 4.05. The Hall–Kier alpha value is 0.400. The summed E-state index contributed by atoms with van der Waals surface area (Å²) in [6, 6.07) is 5.02. The van der Waals surface area contributed by atoms with Gasteiger partial charge in [0.15, 0.2) is 0 Å². The molecule has 96 valence electrons. The number of alkyl halides is 2. The first kappa shape index (κ1) is 15.5. The van der Waals surface area contributed by atoms with E-state index in [9.17, 15) is 4.39 Å². The molecule has 0 atom stereocenters. The van der Waals surface area contributed by atoms with Crippen LogP contribution in [-0.4, -0.2) is 10.7 Å². The number of benzene rings is 1. The first-order valence-electron chi connectivity index (χ1n) is 5.63. The zero-order valence-corrected chi connectivity index (χ0v) is 13.7. The highest BCUT2D eigenvalue weighted by atomic mass is 79.9. The van der Waals surface area contributed by atoms with Crippen LogP contribution in [0.25, 0.3) is 0 Å². The predicted molar refractivity (Wildman–Crippen MR) is 80.0 cm³/mol. The van der Waals surface area contributed by atoms with Crippen molar-refractivity contribution in [2.45, 2.75) is 26.2 Å². The standard InChI is InChI=1S/C13H16Br2ClF/c1-2-6-13(8-14,9-15)7-10-4-3-5-11(17)12(10)16/h3-5H,2,6-9H2,1H3. The zero-order chi connectivity index (χ0) is 12.9. The summed E-state index contributed by atoms with van der Waals surface area (Å²) in [5.74, 6) is -0.335. The Morgan fingerprint density at radius 2 is 1.94 bits per heavy atom.